The van der Waals surface area contributed by atoms with Gasteiger partial charge in [-0.05, 0) is 0 Å². The van der Waals surface area contributed by atoms with Crippen LogP contribution in [-0.4, -0.2) is 74.7 Å². The van der Waals surface area contributed by atoms with Gasteiger partial charge in [0, 0.05) is 0 Å². The molecule has 0 fully saturated rings. The van der Waals surface area contributed by atoms with Gasteiger partial charge in [-0.2, -0.15) is 0 Å². The molecule has 7 N–H and O–H groups in total. The van der Waals surface area contributed by atoms with E-state index in [1.807, 2.05) is 0 Å². The van der Waals surface area contributed by atoms with E-state index in [-0.39, 0.29) is 6.29 Å². The van der Waals surface area contributed by atoms with Crippen molar-refractivity contribution >= 4 is 12.1 Å². The van der Waals surface area contributed by atoms with Gasteiger partial charge in [0.25, 0.3) is 0 Å². The van der Waals surface area contributed by atoms with Crippen molar-refractivity contribution in [1.29, 1.82) is 0 Å². The van der Waals surface area contributed by atoms with Gasteiger partial charge in [0.1, 0.15) is 36.7 Å². The molecule has 1 unspecified atom stereocenters. The summed E-state index contributed by atoms with van der Waals surface area (Å²) in [5.41, 5.74) is 4.98. The molecular formula is C8H15NO7. The second-order valence-corrected chi connectivity index (χ2v) is 3.24. The SMILES string of the molecule is NC(C=O)C(=O)[C@H](O)[C@@H](O)[C@H](O)[C@H](O)CO. The van der Waals surface area contributed by atoms with Crippen LogP contribution >= 0.6 is 0 Å². The molecule has 16 heavy (non-hydrogen) atoms. The van der Waals surface area contributed by atoms with E-state index in [0.717, 1.165) is 0 Å². The molecule has 0 radical (unpaired) electrons. The molecule has 0 saturated heterocycles. The van der Waals surface area contributed by atoms with Crippen molar-refractivity contribution < 1.29 is 35.1 Å². The first-order valence-corrected chi connectivity index (χ1v) is 4.44. The van der Waals surface area contributed by atoms with E-state index in [2.05, 4.69) is 0 Å². The fourth-order valence-corrected chi connectivity index (χ4v) is 0.955. The van der Waals surface area contributed by atoms with E-state index in [1.54, 1.807) is 0 Å². The highest BCUT2D eigenvalue weighted by atomic mass is 16.4. The number of ketones is 1. The Kier molecular flexibility index (Phi) is 6.26. The van der Waals surface area contributed by atoms with Crippen LogP contribution in [-0.2, 0) is 9.59 Å². The van der Waals surface area contributed by atoms with Gasteiger partial charge in [-0.3, -0.25) is 4.79 Å². The molecule has 0 aromatic rings. The Morgan fingerprint density at radius 3 is 2.06 bits per heavy atom. The molecule has 5 atom stereocenters. The van der Waals surface area contributed by atoms with E-state index in [4.69, 9.17) is 21.1 Å². The van der Waals surface area contributed by atoms with Crippen molar-refractivity contribution in [1.82, 2.24) is 0 Å². The van der Waals surface area contributed by atoms with Crippen molar-refractivity contribution in [2.75, 3.05) is 6.61 Å². The Labute approximate surface area is 90.9 Å². The molecule has 0 aliphatic carbocycles. The van der Waals surface area contributed by atoms with E-state index >= 15 is 0 Å². The molecule has 8 heteroatoms. The number of hydrogen-bond donors (Lipinski definition) is 6. The van der Waals surface area contributed by atoms with Crippen LogP contribution in [0.5, 0.6) is 0 Å². The normalized spacial score (nSPS) is 20.6. The number of carbonyl (C=O) groups is 2. The zero-order valence-electron chi connectivity index (χ0n) is 8.30. The Morgan fingerprint density at radius 1 is 1.19 bits per heavy atom. The molecule has 0 saturated carbocycles. The van der Waals surface area contributed by atoms with Crippen molar-refractivity contribution in [2.45, 2.75) is 30.5 Å². The number of rotatable bonds is 7. The van der Waals surface area contributed by atoms with Gasteiger partial charge in [0.15, 0.2) is 5.78 Å². The Balaban J connectivity index is 4.54. The molecule has 0 rings (SSSR count). The number of nitrogens with two attached hydrogens (primary N) is 1. The third-order valence-corrected chi connectivity index (χ3v) is 2.02. The van der Waals surface area contributed by atoms with Gasteiger partial charge in [0.05, 0.1) is 6.61 Å². The second kappa shape index (κ2) is 6.63. The third-order valence-electron chi connectivity index (χ3n) is 2.02. The topological polar surface area (TPSA) is 161 Å². The van der Waals surface area contributed by atoms with Crippen molar-refractivity contribution in [3.8, 4) is 0 Å². The predicted molar refractivity (Wildman–Crippen MR) is 50.2 cm³/mol. The van der Waals surface area contributed by atoms with Crippen molar-refractivity contribution in [3.63, 3.8) is 0 Å². The molecule has 0 amide bonds. The maximum Gasteiger partial charge on any atom is 0.187 e. The quantitative estimate of drug-likeness (QED) is 0.191. The van der Waals surface area contributed by atoms with Crippen LogP contribution in [0.15, 0.2) is 0 Å². The van der Waals surface area contributed by atoms with Crippen LogP contribution in [0.25, 0.3) is 0 Å². The third kappa shape index (κ3) is 3.59. The molecule has 0 bridgehead atoms. The minimum Gasteiger partial charge on any atom is -0.394 e. The summed E-state index contributed by atoms with van der Waals surface area (Å²) in [5.74, 6) is -1.19. The molecule has 0 aliphatic heterocycles. The number of Topliss-reactive ketones (excluding diaryl/α,β-unsaturated/α-hetero) is 1. The molecule has 8 nitrogen and oxygen atoms in total. The maximum atomic E-state index is 11.1. The maximum absolute atomic E-state index is 11.1. The summed E-state index contributed by atoms with van der Waals surface area (Å²) < 4.78 is 0. The van der Waals surface area contributed by atoms with Gasteiger partial charge >= 0.3 is 0 Å². The molecule has 0 aliphatic rings. The van der Waals surface area contributed by atoms with Gasteiger partial charge in [-0.15, -0.1) is 0 Å². The first kappa shape index (κ1) is 15.1. The summed E-state index contributed by atoms with van der Waals surface area (Å²) >= 11 is 0. The highest BCUT2D eigenvalue weighted by Gasteiger charge is 2.35. The lowest BCUT2D eigenvalue weighted by Gasteiger charge is -2.25. The van der Waals surface area contributed by atoms with Crippen molar-refractivity contribution in [2.24, 2.45) is 5.73 Å². The molecule has 94 valence electrons. The van der Waals surface area contributed by atoms with Crippen LogP contribution in [0.4, 0.5) is 0 Å². The smallest absolute Gasteiger partial charge is 0.187 e. The fourth-order valence-electron chi connectivity index (χ4n) is 0.955. The zero-order valence-corrected chi connectivity index (χ0v) is 8.30. The fraction of sp³-hybridized carbons (Fsp3) is 0.750. The number of aliphatic hydroxyl groups is 5. The van der Waals surface area contributed by atoms with Crippen LogP contribution in [0.1, 0.15) is 0 Å². The molecule has 0 aromatic carbocycles. The Morgan fingerprint density at radius 2 is 1.69 bits per heavy atom. The highest BCUT2D eigenvalue weighted by Crippen LogP contribution is 2.06. The Hall–Kier alpha value is -0.900. The van der Waals surface area contributed by atoms with E-state index in [0.29, 0.717) is 0 Å². The highest BCUT2D eigenvalue weighted by molar-refractivity contribution is 5.99. The standard InChI is InChI=1S/C8H15NO7/c9-3(1-10)5(13)7(15)8(16)6(14)4(12)2-11/h1,3-4,6-8,11-12,14-16H,2,9H2/t3?,4-,6-,7+,8+/m1/s1. The van der Waals surface area contributed by atoms with E-state index < -0.39 is 42.8 Å². The first-order valence-electron chi connectivity index (χ1n) is 4.44. The summed E-state index contributed by atoms with van der Waals surface area (Å²) in [7, 11) is 0. The summed E-state index contributed by atoms with van der Waals surface area (Å²) in [4.78, 5) is 21.3. The molecular weight excluding hydrogens is 222 g/mol. The lowest BCUT2D eigenvalue weighted by molar-refractivity contribution is -0.148. The summed E-state index contributed by atoms with van der Waals surface area (Å²) in [6.45, 7) is -0.862. The van der Waals surface area contributed by atoms with Gasteiger partial charge in [-0.1, -0.05) is 0 Å². The second-order valence-electron chi connectivity index (χ2n) is 3.24. The van der Waals surface area contributed by atoms with E-state index in [9.17, 15) is 19.8 Å². The molecule has 0 aromatic heterocycles. The van der Waals surface area contributed by atoms with Gasteiger partial charge < -0.3 is 36.1 Å². The first-order chi connectivity index (χ1) is 7.36. The average Bonchev–Trinajstić information content (AvgIpc) is 2.32. The van der Waals surface area contributed by atoms with Gasteiger partial charge in [0.2, 0.25) is 0 Å². The largest absolute Gasteiger partial charge is 0.394 e. The Bertz CT molecular complexity index is 247. The predicted octanol–water partition coefficient (Wildman–Crippen LogP) is -4.48. The number of aldehydes is 1. The summed E-state index contributed by atoms with van der Waals surface area (Å²) in [6.07, 6.45) is -7.74. The van der Waals surface area contributed by atoms with Gasteiger partial charge in [-0.25, -0.2) is 0 Å². The minimum atomic E-state index is -2.11. The lowest BCUT2D eigenvalue weighted by atomic mass is 9.97. The number of hydrogen-bond acceptors (Lipinski definition) is 8. The van der Waals surface area contributed by atoms with Crippen LogP contribution in [0, 0.1) is 0 Å². The lowest BCUT2D eigenvalue weighted by Crippen LogP contribution is -2.52. The van der Waals surface area contributed by atoms with Crippen molar-refractivity contribution in [3.05, 3.63) is 0 Å². The minimum absolute atomic E-state index is 0.0626. The molecule has 0 spiro atoms. The average molecular weight is 237 g/mol. The zero-order chi connectivity index (χ0) is 12.9. The number of carbonyl (C=O) groups excluding carboxylic acids is 2. The molecule has 0 heterocycles. The number of aliphatic hydroxyl groups excluding tert-OH is 5. The monoisotopic (exact) mass is 237 g/mol. The van der Waals surface area contributed by atoms with E-state index in [1.165, 1.54) is 0 Å². The van der Waals surface area contributed by atoms with Crippen LogP contribution in [0.3, 0.4) is 0 Å². The summed E-state index contributed by atoms with van der Waals surface area (Å²) in [5, 5.41) is 45.0. The van der Waals surface area contributed by atoms with Crippen LogP contribution in [0.2, 0.25) is 0 Å². The summed E-state index contributed by atoms with van der Waals surface area (Å²) in [6, 6.07) is -1.62. The van der Waals surface area contributed by atoms with Crippen LogP contribution < -0.4 is 5.73 Å².